The van der Waals surface area contributed by atoms with Crippen LogP contribution in [0.3, 0.4) is 0 Å². The van der Waals surface area contributed by atoms with Gasteiger partial charge in [-0.3, -0.25) is 19.4 Å². The molecule has 5 rings (SSSR count). The topological polar surface area (TPSA) is 52.0 Å². The first-order valence-electron chi connectivity index (χ1n) is 12.8. The summed E-state index contributed by atoms with van der Waals surface area (Å²) in [6, 6.07) is 11.0. The van der Waals surface area contributed by atoms with Gasteiger partial charge in [-0.2, -0.15) is 0 Å². The molecule has 3 heterocycles. The van der Waals surface area contributed by atoms with Crippen molar-refractivity contribution in [3.63, 3.8) is 0 Å². The van der Waals surface area contributed by atoms with E-state index in [4.69, 9.17) is 0 Å². The maximum Gasteiger partial charge on any atom is 0.270 e. The number of amides is 2. The zero-order chi connectivity index (χ0) is 22.8. The van der Waals surface area contributed by atoms with Crippen molar-refractivity contribution >= 4 is 22.7 Å². The Hall–Kier alpha value is -2.38. The van der Waals surface area contributed by atoms with E-state index >= 15 is 0 Å². The van der Waals surface area contributed by atoms with Gasteiger partial charge < -0.3 is 14.4 Å². The smallest absolute Gasteiger partial charge is 0.270 e. The maximum absolute atomic E-state index is 13.4. The lowest BCUT2D eigenvalue weighted by molar-refractivity contribution is -0.135. The molecule has 0 bridgehead atoms. The largest absolute Gasteiger partial charge is 0.339 e. The summed E-state index contributed by atoms with van der Waals surface area (Å²) in [6.45, 7) is 10.1. The summed E-state index contributed by atoms with van der Waals surface area (Å²) < 4.78 is 2.16. The van der Waals surface area contributed by atoms with Gasteiger partial charge >= 0.3 is 0 Å². The van der Waals surface area contributed by atoms with Crippen molar-refractivity contribution in [2.24, 2.45) is 0 Å². The molecule has 1 saturated carbocycles. The molecule has 0 atom stereocenters. The summed E-state index contributed by atoms with van der Waals surface area (Å²) in [6.07, 6.45) is 5.01. The Kier molecular flexibility index (Phi) is 6.69. The minimum Gasteiger partial charge on any atom is -0.339 e. The summed E-state index contributed by atoms with van der Waals surface area (Å²) in [5, 5.41) is 1.12. The summed E-state index contributed by atoms with van der Waals surface area (Å²) in [4.78, 5) is 35.0. The Morgan fingerprint density at radius 2 is 1.61 bits per heavy atom. The minimum atomic E-state index is 0.109. The van der Waals surface area contributed by atoms with E-state index in [0.29, 0.717) is 19.6 Å². The van der Waals surface area contributed by atoms with Gasteiger partial charge in [0.2, 0.25) is 5.91 Å². The standard InChI is InChI=1S/C26H37N5O2/c1-2-10-31-23-9-4-3-6-21(23)19-24(31)26(33)30-13-11-27(12-14-30)20-25(32)29-17-15-28(16-18-29)22-7-5-8-22/h3-4,6,9,19,22H,2,5,7-8,10-18,20H2,1H3. The SMILES string of the molecule is CCCn1c(C(=O)N2CCN(CC(=O)N3CCN(C4CCC4)CC3)CC2)cc2ccccc21. The number of aryl methyl sites for hydroxylation is 1. The van der Waals surface area contributed by atoms with Gasteiger partial charge in [-0.15, -0.1) is 0 Å². The van der Waals surface area contributed by atoms with Gasteiger partial charge in [-0.1, -0.05) is 31.5 Å². The maximum atomic E-state index is 13.4. The van der Waals surface area contributed by atoms with Crippen LogP contribution in [0.2, 0.25) is 0 Å². The lowest BCUT2D eigenvalue weighted by Gasteiger charge is -2.43. The third kappa shape index (κ3) is 4.66. The van der Waals surface area contributed by atoms with Crippen LogP contribution in [0, 0.1) is 0 Å². The third-order valence-corrected chi connectivity index (χ3v) is 7.75. The second kappa shape index (κ2) is 9.85. The van der Waals surface area contributed by atoms with Crippen LogP contribution in [0.5, 0.6) is 0 Å². The van der Waals surface area contributed by atoms with Gasteiger partial charge in [0, 0.05) is 75.8 Å². The number of nitrogens with zero attached hydrogens (tertiary/aromatic N) is 5. The van der Waals surface area contributed by atoms with Crippen molar-refractivity contribution in [3.8, 4) is 0 Å². The van der Waals surface area contributed by atoms with Gasteiger partial charge in [0.25, 0.3) is 5.91 Å². The van der Waals surface area contributed by atoms with Gasteiger partial charge in [0.05, 0.1) is 6.54 Å². The van der Waals surface area contributed by atoms with Crippen LogP contribution in [0.15, 0.2) is 30.3 Å². The number of benzene rings is 1. The number of para-hydroxylation sites is 1. The summed E-state index contributed by atoms with van der Waals surface area (Å²) in [7, 11) is 0. The number of aromatic nitrogens is 1. The van der Waals surface area contributed by atoms with E-state index in [1.54, 1.807) is 0 Å². The Balaban J connectivity index is 1.14. The highest BCUT2D eigenvalue weighted by atomic mass is 16.2. The van der Waals surface area contributed by atoms with Gasteiger partial charge in [-0.05, 0) is 31.4 Å². The van der Waals surface area contributed by atoms with E-state index in [9.17, 15) is 9.59 Å². The van der Waals surface area contributed by atoms with Gasteiger partial charge in [0.1, 0.15) is 5.69 Å². The molecule has 7 heteroatoms. The lowest BCUT2D eigenvalue weighted by Crippen LogP contribution is -2.56. The van der Waals surface area contributed by atoms with Crippen molar-refractivity contribution in [2.45, 2.75) is 45.2 Å². The molecule has 1 aromatic carbocycles. The molecule has 2 saturated heterocycles. The molecular weight excluding hydrogens is 414 g/mol. The normalized spacial score (nSPS) is 20.9. The fraction of sp³-hybridized carbons (Fsp3) is 0.615. The molecule has 3 fully saturated rings. The van der Waals surface area contributed by atoms with E-state index in [1.165, 1.54) is 19.3 Å². The molecule has 1 aromatic heterocycles. The van der Waals surface area contributed by atoms with Crippen LogP contribution in [-0.2, 0) is 11.3 Å². The molecule has 3 aliphatic rings. The zero-order valence-electron chi connectivity index (χ0n) is 19.9. The van der Waals surface area contributed by atoms with Crippen LogP contribution in [0.25, 0.3) is 10.9 Å². The van der Waals surface area contributed by atoms with Crippen LogP contribution in [0.1, 0.15) is 43.1 Å². The molecule has 2 aromatic rings. The fourth-order valence-electron chi connectivity index (χ4n) is 5.50. The quantitative estimate of drug-likeness (QED) is 0.677. The van der Waals surface area contributed by atoms with Crippen molar-refractivity contribution in [3.05, 3.63) is 36.0 Å². The number of fused-ring (bicyclic) bond motifs is 1. The molecule has 0 spiro atoms. The molecule has 178 valence electrons. The molecule has 33 heavy (non-hydrogen) atoms. The highest BCUT2D eigenvalue weighted by Gasteiger charge is 2.31. The Labute approximate surface area is 196 Å². The number of hydrogen-bond acceptors (Lipinski definition) is 4. The molecule has 2 aliphatic heterocycles. The Bertz CT molecular complexity index is 982. The molecule has 0 N–H and O–H groups in total. The molecular formula is C26H37N5O2. The molecule has 0 unspecified atom stereocenters. The van der Waals surface area contributed by atoms with E-state index in [0.717, 1.165) is 74.9 Å². The number of rotatable bonds is 6. The zero-order valence-corrected chi connectivity index (χ0v) is 19.9. The molecule has 0 radical (unpaired) electrons. The first-order chi connectivity index (χ1) is 16.1. The van der Waals surface area contributed by atoms with Crippen LogP contribution >= 0.6 is 0 Å². The monoisotopic (exact) mass is 451 g/mol. The third-order valence-electron chi connectivity index (χ3n) is 7.75. The number of hydrogen-bond donors (Lipinski definition) is 0. The highest BCUT2D eigenvalue weighted by Crippen LogP contribution is 2.26. The second-order valence-electron chi connectivity index (χ2n) is 9.81. The fourth-order valence-corrected chi connectivity index (χ4v) is 5.50. The van der Waals surface area contributed by atoms with E-state index in [1.807, 2.05) is 28.0 Å². The highest BCUT2D eigenvalue weighted by molar-refractivity contribution is 5.98. The molecule has 7 nitrogen and oxygen atoms in total. The predicted octanol–water partition coefficient (Wildman–Crippen LogP) is 2.51. The van der Waals surface area contributed by atoms with E-state index in [-0.39, 0.29) is 11.8 Å². The van der Waals surface area contributed by atoms with Crippen molar-refractivity contribution in [2.75, 3.05) is 58.9 Å². The van der Waals surface area contributed by atoms with Crippen LogP contribution in [-0.4, -0.2) is 101 Å². The number of carbonyl (C=O) groups excluding carboxylic acids is 2. The van der Waals surface area contributed by atoms with E-state index < -0.39 is 0 Å². The number of carbonyl (C=O) groups is 2. The van der Waals surface area contributed by atoms with Gasteiger partial charge in [0.15, 0.2) is 0 Å². The van der Waals surface area contributed by atoms with Crippen LogP contribution in [0.4, 0.5) is 0 Å². The van der Waals surface area contributed by atoms with Gasteiger partial charge in [-0.25, -0.2) is 0 Å². The van der Waals surface area contributed by atoms with E-state index in [2.05, 4.69) is 33.4 Å². The second-order valence-corrected chi connectivity index (χ2v) is 9.81. The van der Waals surface area contributed by atoms with Crippen molar-refractivity contribution in [1.29, 1.82) is 0 Å². The molecule has 1 aliphatic carbocycles. The summed E-state index contributed by atoms with van der Waals surface area (Å²) in [5.74, 6) is 0.351. The Morgan fingerprint density at radius 1 is 0.909 bits per heavy atom. The average Bonchev–Trinajstić information content (AvgIpc) is 3.17. The summed E-state index contributed by atoms with van der Waals surface area (Å²) in [5.41, 5.74) is 1.91. The molecule has 2 amide bonds. The first-order valence-corrected chi connectivity index (χ1v) is 12.8. The average molecular weight is 452 g/mol. The predicted molar refractivity (Wildman–Crippen MR) is 130 cm³/mol. The Morgan fingerprint density at radius 3 is 2.27 bits per heavy atom. The van der Waals surface area contributed by atoms with Crippen LogP contribution < -0.4 is 0 Å². The van der Waals surface area contributed by atoms with Crippen molar-refractivity contribution < 1.29 is 9.59 Å². The van der Waals surface area contributed by atoms with Crippen molar-refractivity contribution in [1.82, 2.24) is 24.2 Å². The summed E-state index contributed by atoms with van der Waals surface area (Å²) >= 11 is 0. The lowest BCUT2D eigenvalue weighted by atomic mass is 9.91. The number of piperazine rings is 2. The minimum absolute atomic E-state index is 0.109. The first kappa shape index (κ1) is 22.4.